The van der Waals surface area contributed by atoms with Gasteiger partial charge in [0.15, 0.2) is 0 Å². The van der Waals surface area contributed by atoms with Gasteiger partial charge in [0, 0.05) is 0 Å². The molecule has 0 N–H and O–H groups in total. The molecule has 0 spiro atoms. The molecule has 3 aliphatic rings. The maximum Gasteiger partial charge on any atom is 0.338 e. The molecule has 5 atom stereocenters. The first kappa shape index (κ1) is 18.1. The highest BCUT2D eigenvalue weighted by Crippen LogP contribution is 2.61. The van der Waals surface area contributed by atoms with Crippen LogP contribution in [0.2, 0.25) is 0 Å². The fourth-order valence-corrected chi connectivity index (χ4v) is 5.76. The molecule has 5 nitrogen and oxygen atoms in total. The number of hydrogen-bond acceptors (Lipinski definition) is 4. The minimum atomic E-state index is -0.404. The van der Waals surface area contributed by atoms with E-state index in [9.17, 15) is 14.4 Å². The Labute approximate surface area is 169 Å². The predicted octanol–water partition coefficient (Wildman–Crippen LogP) is 3.79. The number of nitrogens with zero attached hydrogens (tertiary/aromatic N) is 1. The van der Waals surface area contributed by atoms with E-state index in [0.29, 0.717) is 23.8 Å². The van der Waals surface area contributed by atoms with Crippen molar-refractivity contribution >= 4 is 23.5 Å². The molecule has 1 heterocycles. The third kappa shape index (κ3) is 2.71. The zero-order valence-corrected chi connectivity index (χ0v) is 16.3. The molecule has 2 saturated carbocycles. The Bertz CT molecular complexity index is 968. The Morgan fingerprint density at radius 2 is 1.66 bits per heavy atom. The van der Waals surface area contributed by atoms with E-state index in [1.807, 2.05) is 18.2 Å². The summed E-state index contributed by atoms with van der Waals surface area (Å²) in [5, 5.41) is 0. The number of hydrogen-bond donors (Lipinski definition) is 0. The van der Waals surface area contributed by atoms with Crippen LogP contribution < -0.4 is 4.90 Å². The van der Waals surface area contributed by atoms with Gasteiger partial charge >= 0.3 is 5.97 Å². The zero-order chi connectivity index (χ0) is 20.1. The van der Waals surface area contributed by atoms with Gasteiger partial charge in [0.2, 0.25) is 11.8 Å². The summed E-state index contributed by atoms with van der Waals surface area (Å²) in [5.41, 5.74) is 2.23. The normalized spacial score (nSPS) is 30.0. The molecule has 2 aliphatic carbocycles. The van der Waals surface area contributed by atoms with Gasteiger partial charge in [-0.25, -0.2) is 4.79 Å². The van der Waals surface area contributed by atoms with E-state index in [1.165, 1.54) is 10.5 Å². The minimum absolute atomic E-state index is 0.0807. The third-order valence-corrected chi connectivity index (χ3v) is 6.88. The first-order valence-corrected chi connectivity index (χ1v) is 10.3. The number of benzene rings is 2. The summed E-state index contributed by atoms with van der Waals surface area (Å²) in [6, 6.07) is 16.9. The quantitative estimate of drug-likeness (QED) is 0.590. The number of amides is 2. The average molecular weight is 389 g/mol. The van der Waals surface area contributed by atoms with Gasteiger partial charge in [0.1, 0.15) is 0 Å². The van der Waals surface area contributed by atoms with E-state index in [-0.39, 0.29) is 35.5 Å². The largest absolute Gasteiger partial charge is 0.462 e. The molecule has 5 unspecified atom stereocenters. The van der Waals surface area contributed by atoms with Crippen molar-refractivity contribution in [1.82, 2.24) is 0 Å². The molecule has 29 heavy (non-hydrogen) atoms. The summed E-state index contributed by atoms with van der Waals surface area (Å²) in [6.07, 6.45) is 1.94. The zero-order valence-electron chi connectivity index (χ0n) is 16.3. The Balaban J connectivity index is 1.41. The Morgan fingerprint density at radius 1 is 0.966 bits per heavy atom. The lowest BCUT2D eigenvalue weighted by Gasteiger charge is -2.28. The van der Waals surface area contributed by atoms with E-state index in [4.69, 9.17) is 4.74 Å². The van der Waals surface area contributed by atoms with Crippen molar-refractivity contribution in [2.75, 3.05) is 11.5 Å². The lowest BCUT2D eigenvalue weighted by atomic mass is 9.73. The van der Waals surface area contributed by atoms with Crippen LogP contribution in [0.25, 0.3) is 0 Å². The maximum atomic E-state index is 13.3. The second-order valence-electron chi connectivity index (χ2n) is 8.24. The van der Waals surface area contributed by atoms with Crippen molar-refractivity contribution in [1.29, 1.82) is 0 Å². The lowest BCUT2D eigenvalue weighted by molar-refractivity contribution is -0.123. The van der Waals surface area contributed by atoms with Crippen LogP contribution in [0.1, 0.15) is 41.6 Å². The van der Waals surface area contributed by atoms with Crippen LogP contribution in [-0.2, 0) is 14.3 Å². The molecule has 5 heteroatoms. The van der Waals surface area contributed by atoms with Gasteiger partial charge in [0.05, 0.1) is 29.7 Å². The highest BCUT2D eigenvalue weighted by Gasteiger charge is 2.64. The van der Waals surface area contributed by atoms with Crippen LogP contribution in [0.5, 0.6) is 0 Å². The van der Waals surface area contributed by atoms with Crippen LogP contribution in [0.15, 0.2) is 54.6 Å². The smallest absolute Gasteiger partial charge is 0.338 e. The summed E-state index contributed by atoms with van der Waals surface area (Å²) in [5.74, 6) is -0.138. The molecule has 2 aromatic rings. The number of esters is 1. The molecular formula is C24H23NO4. The number of rotatable bonds is 4. The number of imide groups is 1. The Hall–Kier alpha value is -2.95. The van der Waals surface area contributed by atoms with E-state index >= 15 is 0 Å². The lowest BCUT2D eigenvalue weighted by Crippen LogP contribution is -2.33. The van der Waals surface area contributed by atoms with Crippen LogP contribution in [0.4, 0.5) is 5.69 Å². The first-order chi connectivity index (χ1) is 14.1. The van der Waals surface area contributed by atoms with Gasteiger partial charge in [-0.3, -0.25) is 14.5 Å². The van der Waals surface area contributed by atoms with Crippen molar-refractivity contribution in [3.05, 3.63) is 65.7 Å². The van der Waals surface area contributed by atoms with Crippen LogP contribution >= 0.6 is 0 Å². The first-order valence-electron chi connectivity index (χ1n) is 10.3. The van der Waals surface area contributed by atoms with Crippen LogP contribution in [0.3, 0.4) is 0 Å². The number of carbonyl (C=O) groups excluding carboxylic acids is 3. The van der Waals surface area contributed by atoms with Crippen molar-refractivity contribution in [2.24, 2.45) is 23.7 Å². The fourth-order valence-electron chi connectivity index (χ4n) is 5.76. The maximum absolute atomic E-state index is 13.3. The summed E-state index contributed by atoms with van der Waals surface area (Å²) >= 11 is 0. The van der Waals surface area contributed by atoms with Crippen molar-refractivity contribution < 1.29 is 19.1 Å². The number of ether oxygens (including phenoxy) is 1. The standard InChI is InChI=1S/C24H23NO4/c1-2-29-24(28)15-8-10-17(11-9-15)25-22(26)20-16-12-18(14-6-4-3-5-7-14)19(13-16)21(20)23(25)27/h3-11,16,18-21H,2,12-13H2,1H3. The Morgan fingerprint density at radius 3 is 2.34 bits per heavy atom. The summed E-state index contributed by atoms with van der Waals surface area (Å²) < 4.78 is 5.00. The minimum Gasteiger partial charge on any atom is -0.462 e. The monoisotopic (exact) mass is 389 g/mol. The second-order valence-corrected chi connectivity index (χ2v) is 8.24. The average Bonchev–Trinajstić information content (AvgIpc) is 3.40. The summed E-state index contributed by atoms with van der Waals surface area (Å²) in [6.45, 7) is 2.06. The van der Waals surface area contributed by atoms with E-state index in [1.54, 1.807) is 31.2 Å². The summed E-state index contributed by atoms with van der Waals surface area (Å²) in [7, 11) is 0. The molecule has 5 rings (SSSR count). The van der Waals surface area contributed by atoms with Crippen molar-refractivity contribution in [3.63, 3.8) is 0 Å². The summed E-state index contributed by atoms with van der Waals surface area (Å²) in [4.78, 5) is 39.7. The van der Waals surface area contributed by atoms with Crippen LogP contribution in [-0.4, -0.2) is 24.4 Å². The number of carbonyl (C=O) groups is 3. The van der Waals surface area contributed by atoms with E-state index in [0.717, 1.165) is 12.8 Å². The fraction of sp³-hybridized carbons (Fsp3) is 0.375. The SMILES string of the molecule is CCOC(=O)c1ccc(N2C(=O)C3C4CC(c5ccccc5)C(C4)C3C2=O)cc1. The van der Waals surface area contributed by atoms with Gasteiger partial charge in [-0.2, -0.15) is 0 Å². The molecule has 2 aromatic carbocycles. The van der Waals surface area contributed by atoms with Crippen LogP contribution in [0, 0.1) is 23.7 Å². The van der Waals surface area contributed by atoms with Gasteiger partial charge in [0.25, 0.3) is 0 Å². The Kier molecular flexibility index (Phi) is 4.26. The molecule has 2 amide bonds. The van der Waals surface area contributed by atoms with Crippen molar-refractivity contribution in [2.45, 2.75) is 25.7 Å². The van der Waals surface area contributed by atoms with Gasteiger partial charge < -0.3 is 4.74 Å². The van der Waals surface area contributed by atoms with Crippen molar-refractivity contribution in [3.8, 4) is 0 Å². The van der Waals surface area contributed by atoms with Gasteiger partial charge in [-0.15, -0.1) is 0 Å². The van der Waals surface area contributed by atoms with Gasteiger partial charge in [-0.05, 0) is 67.3 Å². The van der Waals surface area contributed by atoms with E-state index in [2.05, 4.69) is 12.1 Å². The molecular weight excluding hydrogens is 366 g/mol. The molecule has 1 saturated heterocycles. The molecule has 0 aromatic heterocycles. The highest BCUT2D eigenvalue weighted by molar-refractivity contribution is 6.22. The predicted molar refractivity (Wildman–Crippen MR) is 107 cm³/mol. The molecule has 148 valence electrons. The van der Waals surface area contributed by atoms with Gasteiger partial charge in [-0.1, -0.05) is 30.3 Å². The number of fused-ring (bicyclic) bond motifs is 5. The highest BCUT2D eigenvalue weighted by atomic mass is 16.5. The second kappa shape index (κ2) is 6.83. The molecule has 3 fully saturated rings. The molecule has 1 aliphatic heterocycles. The molecule has 2 bridgehead atoms. The number of anilines is 1. The third-order valence-electron chi connectivity index (χ3n) is 6.88. The molecule has 0 radical (unpaired) electrons. The van der Waals surface area contributed by atoms with E-state index < -0.39 is 5.97 Å². The topological polar surface area (TPSA) is 63.7 Å².